The Hall–Kier alpha value is -0.950. The van der Waals surface area contributed by atoms with Gasteiger partial charge in [-0.25, -0.2) is 8.78 Å². The van der Waals surface area contributed by atoms with E-state index < -0.39 is 36.9 Å². The van der Waals surface area contributed by atoms with Crippen molar-refractivity contribution in [1.29, 1.82) is 0 Å². The zero-order chi connectivity index (χ0) is 14.6. The molecule has 0 saturated carbocycles. The first-order valence-electron chi connectivity index (χ1n) is 6.47. The molecule has 1 rings (SSSR count). The normalized spacial score (nSPS) is 23.4. The maximum atomic E-state index is 12.9. The summed E-state index contributed by atoms with van der Waals surface area (Å²) in [5.74, 6) is -3.74. The number of carbonyl (C=O) groups excluding carboxylic acids is 2. The van der Waals surface area contributed by atoms with E-state index in [1.54, 1.807) is 0 Å². The van der Waals surface area contributed by atoms with Crippen LogP contribution < -0.4 is 16.0 Å². The zero-order valence-corrected chi connectivity index (χ0v) is 12.7. The fourth-order valence-electron chi connectivity index (χ4n) is 1.75. The van der Waals surface area contributed by atoms with Crippen LogP contribution in [0.15, 0.2) is 0 Å². The van der Waals surface area contributed by atoms with Crippen LogP contribution in [0.3, 0.4) is 0 Å². The Balaban J connectivity index is 0.00000361. The Morgan fingerprint density at radius 3 is 2.40 bits per heavy atom. The van der Waals surface area contributed by atoms with Crippen LogP contribution >= 0.6 is 12.4 Å². The van der Waals surface area contributed by atoms with E-state index in [4.69, 9.17) is 0 Å². The van der Waals surface area contributed by atoms with Crippen molar-refractivity contribution in [2.75, 3.05) is 6.54 Å². The molecule has 0 aliphatic carbocycles. The molecule has 0 bridgehead atoms. The minimum atomic E-state index is -2.86. The molecule has 2 amide bonds. The van der Waals surface area contributed by atoms with Crippen LogP contribution in [-0.4, -0.2) is 42.4 Å². The average Bonchev–Trinajstić information content (AvgIpc) is 2.69. The third-order valence-corrected chi connectivity index (χ3v) is 3.18. The topological polar surface area (TPSA) is 70.2 Å². The van der Waals surface area contributed by atoms with E-state index >= 15 is 0 Å². The molecule has 0 aromatic carbocycles. The summed E-state index contributed by atoms with van der Waals surface area (Å²) in [4.78, 5) is 23.4. The van der Waals surface area contributed by atoms with Crippen molar-refractivity contribution in [3.63, 3.8) is 0 Å². The number of carbonyl (C=O) groups is 2. The number of nitrogens with one attached hydrogen (secondary N) is 3. The third-order valence-electron chi connectivity index (χ3n) is 3.18. The van der Waals surface area contributed by atoms with Crippen molar-refractivity contribution < 1.29 is 18.4 Å². The van der Waals surface area contributed by atoms with Gasteiger partial charge in [0.15, 0.2) is 0 Å². The molecule has 1 fully saturated rings. The van der Waals surface area contributed by atoms with E-state index in [0.717, 1.165) is 6.42 Å². The van der Waals surface area contributed by atoms with E-state index in [0.29, 0.717) is 0 Å². The summed E-state index contributed by atoms with van der Waals surface area (Å²) in [5, 5.41) is 7.61. The Kier molecular flexibility index (Phi) is 7.37. The average molecular weight is 314 g/mol. The van der Waals surface area contributed by atoms with E-state index in [2.05, 4.69) is 16.0 Å². The molecule has 1 saturated heterocycles. The van der Waals surface area contributed by atoms with Gasteiger partial charge in [-0.3, -0.25) is 14.9 Å². The van der Waals surface area contributed by atoms with E-state index in [1.165, 1.54) is 6.92 Å². The van der Waals surface area contributed by atoms with E-state index in [1.807, 2.05) is 13.8 Å². The number of halogens is 3. The summed E-state index contributed by atoms with van der Waals surface area (Å²) < 4.78 is 25.9. The van der Waals surface area contributed by atoms with Crippen molar-refractivity contribution in [1.82, 2.24) is 16.0 Å². The monoisotopic (exact) mass is 313 g/mol. The first-order chi connectivity index (χ1) is 8.75. The van der Waals surface area contributed by atoms with Crippen LogP contribution in [0.1, 0.15) is 33.6 Å². The lowest BCUT2D eigenvalue weighted by molar-refractivity contribution is -0.130. The molecule has 3 N–H and O–H groups in total. The standard InChI is InChI=1S/C12H21F2N3O2.ClH/c1-4-7(2)16-10(18)8(3)17-11(19)9-5-12(13,14)6-15-9;/h7-9,15H,4-6H2,1-3H3,(H,16,18)(H,17,19);1H. The molecule has 5 nitrogen and oxygen atoms in total. The molecule has 3 atom stereocenters. The fraction of sp³-hybridized carbons (Fsp3) is 0.833. The maximum Gasteiger partial charge on any atom is 0.262 e. The Labute approximate surface area is 123 Å². The van der Waals surface area contributed by atoms with Gasteiger partial charge in [0, 0.05) is 12.5 Å². The number of hydrogen-bond acceptors (Lipinski definition) is 3. The van der Waals surface area contributed by atoms with Crippen LogP contribution in [0.5, 0.6) is 0 Å². The van der Waals surface area contributed by atoms with Crippen LogP contribution in [0, 0.1) is 0 Å². The van der Waals surface area contributed by atoms with Crippen molar-refractivity contribution in [3.05, 3.63) is 0 Å². The Bertz CT molecular complexity index is 356. The van der Waals surface area contributed by atoms with Gasteiger partial charge >= 0.3 is 0 Å². The van der Waals surface area contributed by atoms with Gasteiger partial charge < -0.3 is 10.6 Å². The van der Waals surface area contributed by atoms with Crippen molar-refractivity contribution >= 4 is 24.2 Å². The van der Waals surface area contributed by atoms with Gasteiger partial charge in [-0.15, -0.1) is 12.4 Å². The zero-order valence-electron chi connectivity index (χ0n) is 11.8. The summed E-state index contributed by atoms with van der Waals surface area (Å²) in [6, 6.07) is -1.66. The number of amides is 2. The molecule has 20 heavy (non-hydrogen) atoms. The third kappa shape index (κ3) is 5.58. The van der Waals surface area contributed by atoms with Gasteiger partial charge in [0.05, 0.1) is 12.6 Å². The quantitative estimate of drug-likeness (QED) is 0.704. The molecule has 3 unspecified atom stereocenters. The SMILES string of the molecule is CCC(C)NC(=O)C(C)NC(=O)C1CC(F)(F)CN1.Cl. The van der Waals surface area contributed by atoms with Crippen LogP contribution in [0.4, 0.5) is 8.78 Å². The minimum Gasteiger partial charge on any atom is -0.352 e. The van der Waals surface area contributed by atoms with Crippen LogP contribution in [-0.2, 0) is 9.59 Å². The second kappa shape index (κ2) is 7.73. The molecule has 0 aromatic heterocycles. The van der Waals surface area contributed by atoms with Crippen LogP contribution in [0.25, 0.3) is 0 Å². The molecular formula is C12H22ClF2N3O2. The van der Waals surface area contributed by atoms with Gasteiger partial charge in [0.1, 0.15) is 6.04 Å². The van der Waals surface area contributed by atoms with Gasteiger partial charge in [-0.2, -0.15) is 0 Å². The second-order valence-corrected chi connectivity index (χ2v) is 5.04. The Morgan fingerprint density at radius 2 is 1.95 bits per heavy atom. The molecule has 1 aliphatic rings. The highest BCUT2D eigenvalue weighted by atomic mass is 35.5. The highest BCUT2D eigenvalue weighted by Gasteiger charge is 2.42. The van der Waals surface area contributed by atoms with Crippen molar-refractivity contribution in [3.8, 4) is 0 Å². The summed E-state index contributed by atoms with van der Waals surface area (Å²) in [6.45, 7) is 4.81. The van der Waals surface area contributed by atoms with Gasteiger partial charge in [-0.05, 0) is 20.3 Å². The lowest BCUT2D eigenvalue weighted by Crippen LogP contribution is -2.51. The molecule has 0 aromatic rings. The highest BCUT2D eigenvalue weighted by molar-refractivity contribution is 5.89. The molecule has 0 radical (unpaired) electrons. The second-order valence-electron chi connectivity index (χ2n) is 5.04. The van der Waals surface area contributed by atoms with Gasteiger partial charge in [0.25, 0.3) is 5.92 Å². The largest absolute Gasteiger partial charge is 0.352 e. The van der Waals surface area contributed by atoms with Crippen molar-refractivity contribution in [2.24, 2.45) is 0 Å². The lowest BCUT2D eigenvalue weighted by atomic mass is 10.1. The van der Waals surface area contributed by atoms with E-state index in [9.17, 15) is 18.4 Å². The molecule has 0 spiro atoms. The molecule has 8 heteroatoms. The Morgan fingerprint density at radius 1 is 1.35 bits per heavy atom. The van der Waals surface area contributed by atoms with Gasteiger partial charge in [-0.1, -0.05) is 6.92 Å². The molecule has 1 aliphatic heterocycles. The highest BCUT2D eigenvalue weighted by Crippen LogP contribution is 2.25. The fourth-order valence-corrected chi connectivity index (χ4v) is 1.75. The number of hydrogen-bond donors (Lipinski definition) is 3. The summed E-state index contributed by atoms with van der Waals surface area (Å²) in [6.07, 6.45) is 0.251. The molecule has 1 heterocycles. The van der Waals surface area contributed by atoms with Crippen LogP contribution in [0.2, 0.25) is 0 Å². The van der Waals surface area contributed by atoms with Gasteiger partial charge in [0.2, 0.25) is 11.8 Å². The minimum absolute atomic E-state index is 0. The first kappa shape index (κ1) is 19.1. The number of rotatable bonds is 5. The maximum absolute atomic E-state index is 12.9. The lowest BCUT2D eigenvalue weighted by Gasteiger charge is -2.19. The summed E-state index contributed by atoms with van der Waals surface area (Å²) >= 11 is 0. The molecular weight excluding hydrogens is 292 g/mol. The smallest absolute Gasteiger partial charge is 0.262 e. The molecule has 118 valence electrons. The first-order valence-corrected chi connectivity index (χ1v) is 6.47. The predicted octanol–water partition coefficient (Wildman–Crippen LogP) is 0.825. The summed E-state index contributed by atoms with van der Waals surface area (Å²) in [7, 11) is 0. The number of alkyl halides is 2. The van der Waals surface area contributed by atoms with E-state index in [-0.39, 0.29) is 24.4 Å². The van der Waals surface area contributed by atoms with Crippen molar-refractivity contribution in [2.45, 2.75) is 57.7 Å². The predicted molar refractivity (Wildman–Crippen MR) is 74.1 cm³/mol. The summed E-state index contributed by atoms with van der Waals surface area (Å²) in [5.41, 5.74) is 0.